The second-order valence-corrected chi connectivity index (χ2v) is 0.577. The van der Waals surface area contributed by atoms with E-state index in [2.05, 4.69) is 0 Å². The molecule has 0 amide bonds. The molecular formula is C3H7Rb2+. The van der Waals surface area contributed by atoms with Crippen LogP contribution in [0.3, 0.4) is 0 Å². The summed E-state index contributed by atoms with van der Waals surface area (Å²) in [7, 11) is 0. The van der Waals surface area contributed by atoms with E-state index in [0.29, 0.717) is 0 Å². The SMILES string of the molecule is C[CH-]C.[Rb+].[Rb+]. The zero-order chi connectivity index (χ0) is 2.71. The van der Waals surface area contributed by atoms with Gasteiger partial charge in [-0.3, -0.25) is 0 Å². The van der Waals surface area contributed by atoms with Crippen LogP contribution in [0.2, 0.25) is 0 Å². The molecule has 2 heteroatoms. The first kappa shape index (κ1) is 15.8. The number of rotatable bonds is 0. The van der Waals surface area contributed by atoms with Crippen molar-refractivity contribution in [3.63, 3.8) is 0 Å². The van der Waals surface area contributed by atoms with Gasteiger partial charge in [-0.05, 0) is 0 Å². The van der Waals surface area contributed by atoms with Gasteiger partial charge in [0.05, 0.1) is 0 Å². The Bertz CT molecular complexity index is 4.85. The second-order valence-electron chi connectivity index (χ2n) is 0.577. The molecule has 0 aliphatic heterocycles. The van der Waals surface area contributed by atoms with Crippen molar-refractivity contribution >= 4 is 0 Å². The third-order valence-corrected chi connectivity index (χ3v) is 0. The zero-order valence-corrected chi connectivity index (χ0v) is 14.4. The third kappa shape index (κ3) is 18.4. The third-order valence-electron chi connectivity index (χ3n) is 0. The standard InChI is InChI=1S/C3H7.2Rb/c1-3-2;;/h3H,1-2H3;;/q-1;2*+1. The van der Waals surface area contributed by atoms with Crippen molar-refractivity contribution < 1.29 is 116 Å². The summed E-state index contributed by atoms with van der Waals surface area (Å²) < 4.78 is 0. The van der Waals surface area contributed by atoms with Gasteiger partial charge >= 0.3 is 116 Å². The largest absolute Gasteiger partial charge is 1.00 e. The van der Waals surface area contributed by atoms with Crippen molar-refractivity contribution in [2.24, 2.45) is 0 Å². The van der Waals surface area contributed by atoms with Crippen molar-refractivity contribution in [3.8, 4) is 0 Å². The van der Waals surface area contributed by atoms with Crippen LogP contribution < -0.4 is 116 Å². The van der Waals surface area contributed by atoms with Gasteiger partial charge in [0.15, 0.2) is 0 Å². The van der Waals surface area contributed by atoms with Crippen LogP contribution in [0.15, 0.2) is 0 Å². The topological polar surface area (TPSA) is 0 Å². The predicted octanol–water partition coefficient (Wildman–Crippen LogP) is -4.76. The van der Waals surface area contributed by atoms with Crippen molar-refractivity contribution in [1.29, 1.82) is 0 Å². The fraction of sp³-hybridized carbons (Fsp3) is 0.667. The zero-order valence-electron chi connectivity index (χ0n) is 4.58. The smallest absolute Gasteiger partial charge is 0.335 e. The Labute approximate surface area is 132 Å². The molecule has 20 valence electrons. The van der Waals surface area contributed by atoms with E-state index in [9.17, 15) is 0 Å². The Morgan fingerprint density at radius 3 is 1.00 bits per heavy atom. The molecule has 0 rings (SSSR count). The molecular weight excluding hydrogens is 207 g/mol. The Hall–Kier alpha value is 3.61. The van der Waals surface area contributed by atoms with Crippen LogP contribution in [0.4, 0.5) is 0 Å². The quantitative estimate of drug-likeness (QED) is 0.355. The fourth-order valence-corrected chi connectivity index (χ4v) is 0. The number of hydrogen-bond acceptors (Lipinski definition) is 0. The molecule has 0 N–H and O–H groups in total. The summed E-state index contributed by atoms with van der Waals surface area (Å²) in [6.45, 7) is 4.00. The van der Waals surface area contributed by atoms with Gasteiger partial charge in [-0.15, -0.1) is 0 Å². The molecule has 0 saturated carbocycles. The molecule has 0 nitrogen and oxygen atoms in total. The van der Waals surface area contributed by atoms with Crippen molar-refractivity contribution in [2.45, 2.75) is 13.8 Å². The first-order valence-corrected chi connectivity index (χ1v) is 1.15. The van der Waals surface area contributed by atoms with E-state index in [1.807, 2.05) is 20.3 Å². The minimum atomic E-state index is 0. The van der Waals surface area contributed by atoms with Crippen LogP contribution in [0.1, 0.15) is 13.8 Å². The molecule has 0 aliphatic rings. The second kappa shape index (κ2) is 15.6. The van der Waals surface area contributed by atoms with Crippen LogP contribution >= 0.6 is 0 Å². The van der Waals surface area contributed by atoms with Gasteiger partial charge in [-0.2, -0.15) is 13.8 Å². The molecule has 0 fully saturated rings. The van der Waals surface area contributed by atoms with Crippen molar-refractivity contribution in [2.75, 3.05) is 0 Å². The van der Waals surface area contributed by atoms with E-state index in [1.54, 1.807) is 0 Å². The Kier molecular flexibility index (Phi) is 49.6. The summed E-state index contributed by atoms with van der Waals surface area (Å²) in [5, 5.41) is 0. The Morgan fingerprint density at radius 2 is 1.00 bits per heavy atom. The average Bonchev–Trinajstić information content (AvgIpc) is 0.918. The van der Waals surface area contributed by atoms with Gasteiger partial charge in [-0.25, -0.2) is 0 Å². The first-order chi connectivity index (χ1) is 1.41. The van der Waals surface area contributed by atoms with E-state index in [0.717, 1.165) is 0 Å². The maximum Gasteiger partial charge on any atom is 1.00 e. The summed E-state index contributed by atoms with van der Waals surface area (Å²) in [5.74, 6) is 0. The Balaban J connectivity index is -0.0000000200. The van der Waals surface area contributed by atoms with Gasteiger partial charge in [0.25, 0.3) is 0 Å². The molecule has 0 radical (unpaired) electrons. The predicted molar refractivity (Wildman–Crippen MR) is 15.6 cm³/mol. The molecule has 0 bridgehead atoms. The molecule has 5 heavy (non-hydrogen) atoms. The molecule has 0 spiro atoms. The first-order valence-electron chi connectivity index (χ1n) is 1.15. The van der Waals surface area contributed by atoms with Gasteiger partial charge in [0.2, 0.25) is 0 Å². The molecule has 0 atom stereocenters. The van der Waals surface area contributed by atoms with Crippen LogP contribution in [0.5, 0.6) is 0 Å². The summed E-state index contributed by atoms with van der Waals surface area (Å²) in [4.78, 5) is 0. The average molecular weight is 214 g/mol. The summed E-state index contributed by atoms with van der Waals surface area (Å²) in [5.41, 5.74) is 0. The minimum Gasteiger partial charge on any atom is -0.335 e. The molecule has 0 unspecified atom stereocenters. The van der Waals surface area contributed by atoms with Crippen LogP contribution in [0, 0.1) is 6.42 Å². The van der Waals surface area contributed by atoms with Crippen LogP contribution in [-0.4, -0.2) is 0 Å². The molecule has 0 aromatic heterocycles. The van der Waals surface area contributed by atoms with Gasteiger partial charge < -0.3 is 6.42 Å². The van der Waals surface area contributed by atoms with Gasteiger partial charge in [-0.1, -0.05) is 0 Å². The normalized spacial score (nSPS) is 3.60. The molecule has 0 aromatic carbocycles. The van der Waals surface area contributed by atoms with Crippen LogP contribution in [0.25, 0.3) is 0 Å². The molecule has 0 aliphatic carbocycles. The molecule has 0 saturated heterocycles. The van der Waals surface area contributed by atoms with E-state index in [-0.39, 0.29) is 116 Å². The molecule has 0 aromatic rings. The van der Waals surface area contributed by atoms with E-state index in [4.69, 9.17) is 0 Å². The number of hydrogen-bond donors (Lipinski definition) is 0. The van der Waals surface area contributed by atoms with Crippen molar-refractivity contribution in [1.82, 2.24) is 0 Å². The fourth-order valence-electron chi connectivity index (χ4n) is 0. The van der Waals surface area contributed by atoms with Crippen LogP contribution in [-0.2, 0) is 0 Å². The minimum absolute atomic E-state index is 0. The maximum atomic E-state index is 2.00. The summed E-state index contributed by atoms with van der Waals surface area (Å²) in [6, 6.07) is 0. The van der Waals surface area contributed by atoms with Crippen molar-refractivity contribution in [3.05, 3.63) is 6.42 Å². The van der Waals surface area contributed by atoms with Gasteiger partial charge in [0.1, 0.15) is 0 Å². The summed E-state index contributed by atoms with van der Waals surface area (Å²) >= 11 is 0. The van der Waals surface area contributed by atoms with Gasteiger partial charge in [0, 0.05) is 0 Å². The maximum absolute atomic E-state index is 2.00. The monoisotopic (exact) mass is 213 g/mol. The Morgan fingerprint density at radius 1 is 1.00 bits per heavy atom. The van der Waals surface area contributed by atoms with E-state index >= 15 is 0 Å². The molecule has 0 heterocycles. The summed E-state index contributed by atoms with van der Waals surface area (Å²) in [6.07, 6.45) is 2.00. The van der Waals surface area contributed by atoms with E-state index < -0.39 is 0 Å². The van der Waals surface area contributed by atoms with E-state index in [1.165, 1.54) is 0 Å².